The zero-order valence-electron chi connectivity index (χ0n) is 27.9. The summed E-state index contributed by atoms with van der Waals surface area (Å²) in [6.45, 7) is 5.06. The molecule has 0 atom stereocenters. The van der Waals surface area contributed by atoms with Crippen LogP contribution >= 0.6 is 0 Å². The van der Waals surface area contributed by atoms with Crippen LogP contribution < -0.4 is 31.0 Å². The van der Waals surface area contributed by atoms with Crippen LogP contribution in [0.15, 0.2) is 121 Å². The monoisotopic (exact) mass is 649 g/mol. The predicted molar refractivity (Wildman–Crippen MR) is 206 cm³/mol. The molecule has 5 heteroatoms. The second kappa shape index (κ2) is 9.80. The lowest BCUT2D eigenvalue weighted by Crippen LogP contribution is -2.57. The van der Waals surface area contributed by atoms with E-state index in [4.69, 9.17) is 9.47 Å². The van der Waals surface area contributed by atoms with E-state index >= 15 is 0 Å². The van der Waals surface area contributed by atoms with Crippen LogP contribution in [0.3, 0.4) is 0 Å². The molecule has 6 aromatic carbocycles. The molecular weight excluding hydrogens is 613 g/mol. The zero-order chi connectivity index (χ0) is 32.5. The summed E-state index contributed by atoms with van der Waals surface area (Å²) in [4.78, 5) is 0. The first-order valence-electron chi connectivity index (χ1n) is 17.9. The van der Waals surface area contributed by atoms with Gasteiger partial charge in [0.2, 0.25) is 0 Å². The lowest BCUT2D eigenvalue weighted by atomic mass is 9.35. The van der Waals surface area contributed by atoms with Crippen molar-refractivity contribution in [1.82, 2.24) is 4.57 Å². The van der Waals surface area contributed by atoms with Gasteiger partial charge in [0, 0.05) is 21.8 Å². The Kier molecular flexibility index (Phi) is 5.58. The number of rotatable bonds is 2. The molecule has 0 N–H and O–H groups in total. The Bertz CT molecular complexity index is 2420. The third-order valence-electron chi connectivity index (χ3n) is 12.2. The number of para-hydroxylation sites is 4. The van der Waals surface area contributed by atoms with Gasteiger partial charge in [-0.1, -0.05) is 117 Å². The molecule has 4 aliphatic heterocycles. The Balaban J connectivity index is 1.23. The van der Waals surface area contributed by atoms with Crippen molar-refractivity contribution in [1.29, 1.82) is 0 Å². The quantitative estimate of drug-likeness (QED) is 0.175. The molecule has 49 heavy (non-hydrogen) atoms. The van der Waals surface area contributed by atoms with Crippen molar-refractivity contribution in [3.63, 3.8) is 0 Å². The number of fused-ring (bicyclic) bond motifs is 9. The van der Waals surface area contributed by atoms with Gasteiger partial charge in [-0.25, -0.2) is 0 Å². The van der Waals surface area contributed by atoms with E-state index < -0.39 is 8.07 Å². The number of nitrogens with zero attached hydrogens (tertiary/aromatic N) is 1. The van der Waals surface area contributed by atoms with Crippen LogP contribution in [0.5, 0.6) is 23.0 Å². The Hall–Kier alpha value is -5.00. The van der Waals surface area contributed by atoms with Crippen molar-refractivity contribution < 1.29 is 9.47 Å². The second-order valence-corrected chi connectivity index (χ2v) is 19.9. The standard InChI is InChI=1S/C44H36BNO2Si/c1-44(2)27-49(21-11-12-22-49)42-26-37(46-35-17-7-3-13-29(35)30-14-4-8-18-36(30)46)31(25-32(42)44)28-23-40-43-41(24-28)48-39-20-10-6-16-34(39)45(43)33-15-5-9-19-38(33)47-40/h3-10,13-20,23-26H,11-12,21-22,27H2,1-2H3. The summed E-state index contributed by atoms with van der Waals surface area (Å²) in [5, 5.41) is 4.28. The number of ether oxygens (including phenoxy) is 2. The van der Waals surface area contributed by atoms with Gasteiger partial charge in [0.1, 0.15) is 23.0 Å². The van der Waals surface area contributed by atoms with Crippen molar-refractivity contribution in [3.8, 4) is 39.8 Å². The third-order valence-corrected chi connectivity index (χ3v) is 17.9. The van der Waals surface area contributed by atoms with E-state index in [1.165, 1.54) is 75.0 Å². The van der Waals surface area contributed by atoms with E-state index in [1.54, 1.807) is 10.8 Å². The van der Waals surface area contributed by atoms with Gasteiger partial charge < -0.3 is 14.0 Å². The van der Waals surface area contributed by atoms with Crippen LogP contribution in [0.1, 0.15) is 32.3 Å². The number of hydrogen-bond acceptors (Lipinski definition) is 2. The molecule has 4 aliphatic rings. The van der Waals surface area contributed by atoms with Gasteiger partial charge >= 0.3 is 0 Å². The molecule has 1 fully saturated rings. The summed E-state index contributed by atoms with van der Waals surface area (Å²) in [7, 11) is -1.61. The van der Waals surface area contributed by atoms with Crippen LogP contribution in [0.4, 0.5) is 0 Å². The van der Waals surface area contributed by atoms with Crippen molar-refractivity contribution in [2.24, 2.45) is 0 Å². The third kappa shape index (κ3) is 3.80. The summed E-state index contributed by atoms with van der Waals surface area (Å²) in [6.07, 6.45) is 2.75. The molecule has 5 heterocycles. The van der Waals surface area contributed by atoms with E-state index in [0.717, 1.165) is 34.0 Å². The predicted octanol–water partition coefficient (Wildman–Crippen LogP) is 8.92. The summed E-state index contributed by atoms with van der Waals surface area (Å²) >= 11 is 0. The van der Waals surface area contributed by atoms with Gasteiger partial charge in [-0.15, -0.1) is 0 Å². The molecule has 0 radical (unpaired) electrons. The summed E-state index contributed by atoms with van der Waals surface area (Å²) in [5.74, 6) is 3.62. The number of aromatic nitrogens is 1. The molecule has 1 spiro atoms. The van der Waals surface area contributed by atoms with Crippen molar-refractivity contribution in [2.75, 3.05) is 0 Å². The highest BCUT2D eigenvalue weighted by Crippen LogP contribution is 2.50. The molecule has 0 bridgehead atoms. The largest absolute Gasteiger partial charge is 0.458 e. The van der Waals surface area contributed by atoms with Gasteiger partial charge in [-0.3, -0.25) is 0 Å². The Morgan fingerprint density at radius 2 is 1.18 bits per heavy atom. The molecular formula is C44H36BNO2Si. The Morgan fingerprint density at radius 3 is 1.80 bits per heavy atom. The minimum Gasteiger partial charge on any atom is -0.458 e. The highest BCUT2D eigenvalue weighted by Gasteiger charge is 2.51. The highest BCUT2D eigenvalue weighted by molar-refractivity contribution is 6.98. The van der Waals surface area contributed by atoms with Gasteiger partial charge in [0.05, 0.1) is 24.8 Å². The molecule has 3 nitrogen and oxygen atoms in total. The maximum Gasteiger partial charge on any atom is 0.260 e. The first-order chi connectivity index (χ1) is 24.0. The summed E-state index contributed by atoms with van der Waals surface area (Å²) in [5.41, 5.74) is 11.4. The van der Waals surface area contributed by atoms with Crippen LogP contribution in [0, 0.1) is 0 Å². The first-order valence-corrected chi connectivity index (χ1v) is 20.5. The van der Waals surface area contributed by atoms with Gasteiger partial charge in [0.25, 0.3) is 6.71 Å². The average molecular weight is 650 g/mol. The maximum absolute atomic E-state index is 6.80. The Labute approximate surface area is 288 Å². The second-order valence-electron chi connectivity index (χ2n) is 15.4. The van der Waals surface area contributed by atoms with E-state index in [-0.39, 0.29) is 12.1 Å². The van der Waals surface area contributed by atoms with E-state index in [9.17, 15) is 0 Å². The fourth-order valence-electron chi connectivity index (χ4n) is 10.3. The van der Waals surface area contributed by atoms with Gasteiger partial charge in [-0.05, 0) is 82.0 Å². The first kappa shape index (κ1) is 27.9. The number of benzene rings is 6. The summed E-state index contributed by atoms with van der Waals surface area (Å²) < 4.78 is 16.1. The van der Waals surface area contributed by atoms with Crippen molar-refractivity contribution in [3.05, 3.63) is 127 Å². The lowest BCUT2D eigenvalue weighted by Gasteiger charge is -2.33. The molecule has 7 aromatic rings. The van der Waals surface area contributed by atoms with Crippen LogP contribution in [0.2, 0.25) is 18.1 Å². The van der Waals surface area contributed by atoms with Crippen LogP contribution in [0.25, 0.3) is 38.6 Å². The molecule has 0 saturated carbocycles. The van der Waals surface area contributed by atoms with Crippen LogP contribution in [-0.4, -0.2) is 19.4 Å². The van der Waals surface area contributed by atoms with Crippen molar-refractivity contribution >= 4 is 58.2 Å². The molecule has 11 rings (SSSR count). The van der Waals surface area contributed by atoms with Crippen LogP contribution in [-0.2, 0) is 5.41 Å². The normalized spacial score (nSPS) is 17.4. The van der Waals surface area contributed by atoms with E-state index in [2.05, 4.69) is 140 Å². The molecule has 236 valence electrons. The highest BCUT2D eigenvalue weighted by atomic mass is 28.3. The number of hydrogen-bond donors (Lipinski definition) is 0. The van der Waals surface area contributed by atoms with Gasteiger partial charge in [0.15, 0.2) is 0 Å². The lowest BCUT2D eigenvalue weighted by molar-refractivity contribution is 0.465. The van der Waals surface area contributed by atoms with Gasteiger partial charge in [-0.2, -0.15) is 0 Å². The minimum absolute atomic E-state index is 0.0675. The molecule has 0 aliphatic carbocycles. The van der Waals surface area contributed by atoms with E-state index in [0.29, 0.717) is 0 Å². The SMILES string of the molecule is CC1(C)C[Si]2(CCCC2)c2cc(-n3c4ccccc4c4ccccc43)c(-c3cc4c5c(c3)Oc3ccccc3B5c3ccccc3O4)cc21. The summed E-state index contributed by atoms with van der Waals surface area (Å²) in [6, 6.07) is 48.8. The van der Waals surface area contributed by atoms with E-state index in [1.807, 2.05) is 0 Å². The fraction of sp³-hybridized carbons (Fsp3) is 0.182. The average Bonchev–Trinajstić information content (AvgIpc) is 3.79. The van der Waals surface area contributed by atoms with Crippen molar-refractivity contribution in [2.45, 2.75) is 50.2 Å². The maximum atomic E-state index is 6.80. The molecule has 0 unspecified atom stereocenters. The smallest absolute Gasteiger partial charge is 0.260 e. The Morgan fingerprint density at radius 1 is 0.633 bits per heavy atom. The topological polar surface area (TPSA) is 23.4 Å². The molecule has 1 saturated heterocycles. The molecule has 0 amide bonds. The fourth-order valence-corrected chi connectivity index (χ4v) is 16.8. The zero-order valence-corrected chi connectivity index (χ0v) is 28.9. The minimum atomic E-state index is -1.61. The molecule has 1 aromatic heterocycles.